The Morgan fingerprint density at radius 3 is 2.60 bits per heavy atom. The summed E-state index contributed by atoms with van der Waals surface area (Å²) in [6, 6.07) is 4.08. The van der Waals surface area contributed by atoms with Crippen LogP contribution < -0.4 is 10.1 Å². The molecule has 1 atom stereocenters. The van der Waals surface area contributed by atoms with Crippen LogP contribution in [0.5, 0.6) is 5.75 Å². The van der Waals surface area contributed by atoms with Crippen LogP contribution in [0.2, 0.25) is 0 Å². The fourth-order valence-electron chi connectivity index (χ4n) is 2.33. The molecule has 0 saturated heterocycles. The van der Waals surface area contributed by atoms with Crippen molar-refractivity contribution in [1.29, 1.82) is 0 Å². The summed E-state index contributed by atoms with van der Waals surface area (Å²) < 4.78 is 5.31. The predicted octanol–water partition coefficient (Wildman–Crippen LogP) is 2.70. The van der Waals surface area contributed by atoms with Gasteiger partial charge in [-0.3, -0.25) is 4.79 Å². The number of benzene rings is 1. The number of hydrogen-bond donors (Lipinski definition) is 2. The molecule has 112 valence electrons. The molecule has 1 aromatic carbocycles. The Morgan fingerprint density at radius 2 is 2.05 bits per heavy atom. The van der Waals surface area contributed by atoms with E-state index in [2.05, 4.69) is 18.3 Å². The number of aryl methyl sites for hydroxylation is 2. The van der Waals surface area contributed by atoms with E-state index in [1.807, 2.05) is 19.9 Å². The number of rotatable bonds is 8. The van der Waals surface area contributed by atoms with Gasteiger partial charge < -0.3 is 15.2 Å². The molecule has 0 spiro atoms. The van der Waals surface area contributed by atoms with Crippen LogP contribution in [0.3, 0.4) is 0 Å². The second-order valence-corrected chi connectivity index (χ2v) is 5.20. The maximum absolute atomic E-state index is 11.0. The first-order chi connectivity index (χ1) is 9.47. The van der Waals surface area contributed by atoms with E-state index in [1.54, 1.807) is 7.11 Å². The van der Waals surface area contributed by atoms with E-state index in [4.69, 9.17) is 9.84 Å². The number of carboxylic acids is 1. The monoisotopic (exact) mass is 279 g/mol. The lowest BCUT2D eigenvalue weighted by atomic mass is 9.96. The molecule has 0 saturated carbocycles. The van der Waals surface area contributed by atoms with Crippen LogP contribution in [-0.2, 0) is 11.2 Å². The molecule has 1 aromatic rings. The molecule has 0 aliphatic rings. The largest absolute Gasteiger partial charge is 0.496 e. The van der Waals surface area contributed by atoms with E-state index in [0.717, 1.165) is 36.3 Å². The van der Waals surface area contributed by atoms with Gasteiger partial charge in [0, 0.05) is 6.04 Å². The average Bonchev–Trinajstić information content (AvgIpc) is 2.39. The molecule has 1 unspecified atom stereocenters. The fraction of sp³-hybridized carbons (Fsp3) is 0.562. The summed E-state index contributed by atoms with van der Waals surface area (Å²) in [7, 11) is 1.66. The Hall–Kier alpha value is -1.55. The molecule has 0 fully saturated rings. The Balaban J connectivity index is 2.86. The van der Waals surface area contributed by atoms with Crippen LogP contribution in [0.25, 0.3) is 0 Å². The molecular formula is C16H25NO3. The zero-order valence-electron chi connectivity index (χ0n) is 12.8. The molecule has 2 N–H and O–H groups in total. The quantitative estimate of drug-likeness (QED) is 0.768. The minimum absolute atomic E-state index is 0.0288. The third-order valence-electron chi connectivity index (χ3n) is 3.42. The van der Waals surface area contributed by atoms with Crippen LogP contribution in [0.15, 0.2) is 12.1 Å². The van der Waals surface area contributed by atoms with E-state index in [9.17, 15) is 4.79 Å². The van der Waals surface area contributed by atoms with Crippen molar-refractivity contribution in [2.45, 2.75) is 46.1 Å². The smallest absolute Gasteiger partial charge is 0.304 e. The van der Waals surface area contributed by atoms with Gasteiger partial charge in [-0.05, 0) is 56.0 Å². The van der Waals surface area contributed by atoms with Gasteiger partial charge in [0.25, 0.3) is 0 Å². The third kappa shape index (κ3) is 4.85. The van der Waals surface area contributed by atoms with E-state index >= 15 is 0 Å². The third-order valence-corrected chi connectivity index (χ3v) is 3.42. The van der Waals surface area contributed by atoms with E-state index < -0.39 is 5.97 Å². The Morgan fingerprint density at radius 1 is 1.35 bits per heavy atom. The maximum atomic E-state index is 11.0. The summed E-state index contributed by atoms with van der Waals surface area (Å²) in [5, 5.41) is 12.3. The molecule has 0 aliphatic carbocycles. The van der Waals surface area contributed by atoms with Crippen molar-refractivity contribution in [1.82, 2.24) is 5.32 Å². The number of carbonyl (C=O) groups is 1. The summed E-state index contributed by atoms with van der Waals surface area (Å²) in [6.45, 7) is 6.96. The van der Waals surface area contributed by atoms with Crippen molar-refractivity contribution in [3.8, 4) is 5.75 Å². The first-order valence-electron chi connectivity index (χ1n) is 7.07. The fourth-order valence-corrected chi connectivity index (χ4v) is 2.33. The summed E-state index contributed by atoms with van der Waals surface area (Å²) >= 11 is 0. The Labute approximate surface area is 121 Å². The standard InChI is InChI=1S/C16H25NO3/c1-5-6-17-14(10-16(18)19)9-13-7-12(3)15(20-4)8-11(13)2/h7-8,14,17H,5-6,9-10H2,1-4H3,(H,18,19). The molecule has 0 heterocycles. The second kappa shape index (κ2) is 7.90. The minimum Gasteiger partial charge on any atom is -0.496 e. The summed E-state index contributed by atoms with van der Waals surface area (Å²) in [6.07, 6.45) is 1.87. The van der Waals surface area contributed by atoms with Crippen molar-refractivity contribution in [2.75, 3.05) is 13.7 Å². The molecule has 0 aromatic heterocycles. The summed E-state index contributed by atoms with van der Waals surface area (Å²) in [4.78, 5) is 11.0. The van der Waals surface area contributed by atoms with Crippen LogP contribution in [0.1, 0.15) is 36.5 Å². The van der Waals surface area contributed by atoms with Gasteiger partial charge >= 0.3 is 5.97 Å². The first-order valence-corrected chi connectivity index (χ1v) is 7.07. The zero-order chi connectivity index (χ0) is 15.1. The van der Waals surface area contributed by atoms with Gasteiger partial charge in [0.1, 0.15) is 5.75 Å². The van der Waals surface area contributed by atoms with Gasteiger partial charge in [0.15, 0.2) is 0 Å². The zero-order valence-corrected chi connectivity index (χ0v) is 12.8. The molecular weight excluding hydrogens is 254 g/mol. The highest BCUT2D eigenvalue weighted by molar-refractivity contribution is 5.67. The van der Waals surface area contributed by atoms with Crippen LogP contribution in [-0.4, -0.2) is 30.8 Å². The van der Waals surface area contributed by atoms with Gasteiger partial charge in [0.05, 0.1) is 13.5 Å². The maximum Gasteiger partial charge on any atom is 0.304 e. The molecule has 1 rings (SSSR count). The first kappa shape index (κ1) is 16.5. The lowest BCUT2D eigenvalue weighted by Gasteiger charge is -2.19. The number of hydrogen-bond acceptors (Lipinski definition) is 3. The highest BCUT2D eigenvalue weighted by Gasteiger charge is 2.15. The van der Waals surface area contributed by atoms with Gasteiger partial charge in [-0.2, -0.15) is 0 Å². The van der Waals surface area contributed by atoms with Gasteiger partial charge in [-0.25, -0.2) is 0 Å². The van der Waals surface area contributed by atoms with Crippen molar-refractivity contribution >= 4 is 5.97 Å². The van der Waals surface area contributed by atoms with Crippen LogP contribution in [0.4, 0.5) is 0 Å². The van der Waals surface area contributed by atoms with Gasteiger partial charge in [0.2, 0.25) is 0 Å². The van der Waals surface area contributed by atoms with Crippen molar-refractivity contribution < 1.29 is 14.6 Å². The molecule has 0 amide bonds. The van der Waals surface area contributed by atoms with Crippen LogP contribution in [0, 0.1) is 13.8 Å². The molecule has 20 heavy (non-hydrogen) atoms. The number of aliphatic carboxylic acids is 1. The molecule has 4 nitrogen and oxygen atoms in total. The van der Waals surface area contributed by atoms with Crippen molar-refractivity contribution in [3.63, 3.8) is 0 Å². The highest BCUT2D eigenvalue weighted by Crippen LogP contribution is 2.23. The van der Waals surface area contributed by atoms with Crippen molar-refractivity contribution in [3.05, 3.63) is 28.8 Å². The van der Waals surface area contributed by atoms with E-state index in [0.29, 0.717) is 0 Å². The second-order valence-electron chi connectivity index (χ2n) is 5.20. The van der Waals surface area contributed by atoms with Gasteiger partial charge in [-0.1, -0.05) is 13.0 Å². The van der Waals surface area contributed by atoms with E-state index in [1.165, 1.54) is 5.56 Å². The number of ether oxygens (including phenoxy) is 1. The number of methoxy groups -OCH3 is 1. The predicted molar refractivity (Wildman–Crippen MR) is 80.5 cm³/mol. The average molecular weight is 279 g/mol. The lowest BCUT2D eigenvalue weighted by Crippen LogP contribution is -2.34. The topological polar surface area (TPSA) is 58.6 Å². The molecule has 0 bridgehead atoms. The summed E-state index contributed by atoms with van der Waals surface area (Å²) in [5.41, 5.74) is 3.40. The van der Waals surface area contributed by atoms with Crippen LogP contribution >= 0.6 is 0 Å². The number of nitrogens with one attached hydrogen (secondary N) is 1. The molecule has 4 heteroatoms. The van der Waals surface area contributed by atoms with E-state index in [-0.39, 0.29) is 12.5 Å². The Bertz CT molecular complexity index is 457. The molecule has 0 aliphatic heterocycles. The summed E-state index contributed by atoms with van der Waals surface area (Å²) in [5.74, 6) is 0.115. The Kier molecular flexibility index (Phi) is 6.52. The normalized spacial score (nSPS) is 12.2. The lowest BCUT2D eigenvalue weighted by molar-refractivity contribution is -0.137. The highest BCUT2D eigenvalue weighted by atomic mass is 16.5. The van der Waals surface area contributed by atoms with Gasteiger partial charge in [-0.15, -0.1) is 0 Å². The minimum atomic E-state index is -0.763. The SMILES string of the molecule is CCCNC(CC(=O)O)Cc1cc(C)c(OC)cc1C. The van der Waals surface area contributed by atoms with Crippen molar-refractivity contribution in [2.24, 2.45) is 0 Å². The number of carboxylic acid groups (broad SMARTS) is 1. The molecule has 0 radical (unpaired) electrons.